The Labute approximate surface area is 217 Å². The number of rotatable bonds is 15. The predicted octanol–water partition coefficient (Wildman–Crippen LogP) is 7.18. The molecular formula is C30H44ClNO3. The molecule has 4 nitrogen and oxygen atoms in total. The first kappa shape index (κ1) is 28.0. The summed E-state index contributed by atoms with van der Waals surface area (Å²) in [5, 5.41) is 13.2. The van der Waals surface area contributed by atoms with E-state index in [9.17, 15) is 5.11 Å². The molecule has 0 radical (unpaired) electrons. The van der Waals surface area contributed by atoms with E-state index in [1.165, 1.54) is 25.7 Å². The van der Waals surface area contributed by atoms with E-state index >= 15 is 0 Å². The summed E-state index contributed by atoms with van der Waals surface area (Å²) in [5.74, 6) is 0.797. The van der Waals surface area contributed by atoms with E-state index in [1.807, 2.05) is 24.3 Å². The van der Waals surface area contributed by atoms with E-state index in [0.717, 1.165) is 87.0 Å². The van der Waals surface area contributed by atoms with Crippen molar-refractivity contribution in [3.63, 3.8) is 0 Å². The van der Waals surface area contributed by atoms with Gasteiger partial charge in [-0.2, -0.15) is 0 Å². The van der Waals surface area contributed by atoms with Crippen LogP contribution >= 0.6 is 11.6 Å². The second-order valence-corrected chi connectivity index (χ2v) is 10.3. The van der Waals surface area contributed by atoms with Gasteiger partial charge >= 0.3 is 0 Å². The SMILES string of the molecule is CCCCCCC(O)(c1ccc(OCCCCC)cc1)C(CN1CCOCC1)c1ccc(Cl)cc1. The molecule has 35 heavy (non-hydrogen) atoms. The second kappa shape index (κ2) is 14.8. The monoisotopic (exact) mass is 501 g/mol. The van der Waals surface area contributed by atoms with Gasteiger partial charge in [-0.1, -0.05) is 88.2 Å². The molecule has 1 N–H and O–H groups in total. The highest BCUT2D eigenvalue weighted by Crippen LogP contribution is 2.42. The van der Waals surface area contributed by atoms with Gasteiger partial charge in [0.25, 0.3) is 0 Å². The molecule has 194 valence electrons. The van der Waals surface area contributed by atoms with Crippen LogP contribution in [0.1, 0.15) is 82.3 Å². The molecule has 0 amide bonds. The minimum absolute atomic E-state index is 0.0733. The minimum atomic E-state index is -0.986. The van der Waals surface area contributed by atoms with Crippen LogP contribution in [0.25, 0.3) is 0 Å². The number of hydrogen-bond acceptors (Lipinski definition) is 4. The quantitative estimate of drug-likeness (QED) is 0.262. The molecule has 0 saturated carbocycles. The molecule has 5 heteroatoms. The van der Waals surface area contributed by atoms with Crippen molar-refractivity contribution in [1.29, 1.82) is 0 Å². The van der Waals surface area contributed by atoms with E-state index in [-0.39, 0.29) is 5.92 Å². The van der Waals surface area contributed by atoms with Crippen LogP contribution in [0.4, 0.5) is 0 Å². The Morgan fingerprint density at radius 3 is 2.23 bits per heavy atom. The fourth-order valence-corrected chi connectivity index (χ4v) is 5.12. The van der Waals surface area contributed by atoms with Gasteiger partial charge in [0.15, 0.2) is 0 Å². The molecular weight excluding hydrogens is 458 g/mol. The highest BCUT2D eigenvalue weighted by molar-refractivity contribution is 6.30. The smallest absolute Gasteiger partial charge is 0.119 e. The van der Waals surface area contributed by atoms with Crippen molar-refractivity contribution >= 4 is 11.6 Å². The molecule has 3 rings (SSSR count). The summed E-state index contributed by atoms with van der Waals surface area (Å²) in [6.45, 7) is 9.20. The minimum Gasteiger partial charge on any atom is -0.494 e. The first-order chi connectivity index (χ1) is 17.1. The van der Waals surface area contributed by atoms with Crippen molar-refractivity contribution in [3.8, 4) is 5.75 Å². The zero-order valence-electron chi connectivity index (χ0n) is 21.7. The van der Waals surface area contributed by atoms with Gasteiger partial charge in [-0.3, -0.25) is 4.90 Å². The number of unbranched alkanes of at least 4 members (excludes halogenated alkanes) is 5. The van der Waals surface area contributed by atoms with Crippen molar-refractivity contribution in [3.05, 3.63) is 64.7 Å². The molecule has 1 aliphatic heterocycles. The van der Waals surface area contributed by atoms with E-state index in [0.29, 0.717) is 0 Å². The Balaban J connectivity index is 1.89. The molecule has 0 aliphatic carbocycles. The number of benzene rings is 2. The summed E-state index contributed by atoms with van der Waals surface area (Å²) in [7, 11) is 0. The molecule has 0 bridgehead atoms. The van der Waals surface area contributed by atoms with Crippen LogP contribution in [0.3, 0.4) is 0 Å². The summed E-state index contributed by atoms with van der Waals surface area (Å²) in [6, 6.07) is 16.2. The van der Waals surface area contributed by atoms with Gasteiger partial charge in [-0.15, -0.1) is 0 Å². The van der Waals surface area contributed by atoms with Crippen LogP contribution in [0, 0.1) is 0 Å². The highest BCUT2D eigenvalue weighted by atomic mass is 35.5. The molecule has 2 unspecified atom stereocenters. The van der Waals surface area contributed by atoms with Crippen molar-refractivity contribution in [1.82, 2.24) is 4.90 Å². The highest BCUT2D eigenvalue weighted by Gasteiger charge is 2.40. The third-order valence-corrected chi connectivity index (χ3v) is 7.43. The van der Waals surface area contributed by atoms with E-state index < -0.39 is 5.60 Å². The summed E-state index contributed by atoms with van der Waals surface area (Å²) < 4.78 is 11.5. The lowest BCUT2D eigenvalue weighted by atomic mass is 9.74. The van der Waals surface area contributed by atoms with Crippen LogP contribution in [0.2, 0.25) is 5.02 Å². The van der Waals surface area contributed by atoms with Crippen LogP contribution in [0.15, 0.2) is 48.5 Å². The maximum Gasteiger partial charge on any atom is 0.119 e. The first-order valence-electron chi connectivity index (χ1n) is 13.6. The lowest BCUT2D eigenvalue weighted by Gasteiger charge is -2.41. The van der Waals surface area contributed by atoms with Gasteiger partial charge in [0, 0.05) is 30.6 Å². The molecule has 1 saturated heterocycles. The van der Waals surface area contributed by atoms with E-state index in [4.69, 9.17) is 21.1 Å². The summed E-state index contributed by atoms with van der Waals surface area (Å²) >= 11 is 6.23. The molecule has 2 aromatic rings. The summed E-state index contributed by atoms with van der Waals surface area (Å²) in [4.78, 5) is 2.42. The van der Waals surface area contributed by atoms with Gasteiger partial charge in [0.05, 0.1) is 25.4 Å². The number of aliphatic hydroxyl groups is 1. The molecule has 0 aromatic heterocycles. The Kier molecular flexibility index (Phi) is 11.9. The first-order valence-corrected chi connectivity index (χ1v) is 14.0. The Hall–Kier alpha value is -1.59. The normalized spacial score (nSPS) is 17.1. The van der Waals surface area contributed by atoms with Crippen LogP contribution in [-0.2, 0) is 10.3 Å². The summed E-state index contributed by atoms with van der Waals surface area (Å²) in [5.41, 5.74) is 1.10. The van der Waals surface area contributed by atoms with Gasteiger partial charge in [-0.25, -0.2) is 0 Å². The average Bonchev–Trinajstić information content (AvgIpc) is 2.89. The number of nitrogens with zero attached hydrogens (tertiary/aromatic N) is 1. The third kappa shape index (κ3) is 8.49. The summed E-state index contributed by atoms with van der Waals surface area (Å²) in [6.07, 6.45) is 8.64. The van der Waals surface area contributed by atoms with E-state index in [1.54, 1.807) is 0 Å². The zero-order chi connectivity index (χ0) is 24.9. The molecule has 2 aromatic carbocycles. The Morgan fingerprint density at radius 2 is 1.57 bits per heavy atom. The van der Waals surface area contributed by atoms with Gasteiger partial charge in [0.1, 0.15) is 5.75 Å². The average molecular weight is 502 g/mol. The van der Waals surface area contributed by atoms with Crippen molar-refractivity contribution in [2.75, 3.05) is 39.5 Å². The number of halogens is 1. The maximum atomic E-state index is 12.5. The van der Waals surface area contributed by atoms with Crippen LogP contribution < -0.4 is 4.74 Å². The molecule has 2 atom stereocenters. The Bertz CT molecular complexity index is 836. The largest absolute Gasteiger partial charge is 0.494 e. The topological polar surface area (TPSA) is 41.9 Å². The van der Waals surface area contributed by atoms with Crippen molar-refractivity contribution in [2.45, 2.75) is 76.7 Å². The zero-order valence-corrected chi connectivity index (χ0v) is 22.4. The number of morpholine rings is 1. The van der Waals surface area contributed by atoms with Crippen LogP contribution in [0.5, 0.6) is 5.75 Å². The number of hydrogen-bond donors (Lipinski definition) is 1. The molecule has 1 fully saturated rings. The standard InChI is InChI=1S/C30H44ClNO3/c1-3-5-7-8-18-30(33,26-12-16-28(17-13-26)35-21-9-6-4-2)29(24-32-19-22-34-23-20-32)25-10-14-27(31)15-11-25/h10-17,29,33H,3-9,18-24H2,1-2H3. The van der Waals surface area contributed by atoms with Gasteiger partial charge in [-0.05, 0) is 48.2 Å². The molecule has 1 aliphatic rings. The lowest BCUT2D eigenvalue weighted by Crippen LogP contribution is -2.45. The number of ether oxygens (including phenoxy) is 2. The van der Waals surface area contributed by atoms with E-state index in [2.05, 4.69) is 43.0 Å². The fourth-order valence-electron chi connectivity index (χ4n) is 4.99. The lowest BCUT2D eigenvalue weighted by molar-refractivity contribution is -0.0296. The molecule has 0 spiro atoms. The predicted molar refractivity (Wildman–Crippen MR) is 146 cm³/mol. The Morgan fingerprint density at radius 1 is 0.914 bits per heavy atom. The van der Waals surface area contributed by atoms with Gasteiger partial charge in [0.2, 0.25) is 0 Å². The van der Waals surface area contributed by atoms with Crippen molar-refractivity contribution in [2.24, 2.45) is 0 Å². The maximum absolute atomic E-state index is 12.5. The second-order valence-electron chi connectivity index (χ2n) is 9.83. The fraction of sp³-hybridized carbons (Fsp3) is 0.600. The van der Waals surface area contributed by atoms with Gasteiger partial charge < -0.3 is 14.6 Å². The molecule has 1 heterocycles. The van der Waals surface area contributed by atoms with Crippen LogP contribution in [-0.4, -0.2) is 49.5 Å². The van der Waals surface area contributed by atoms with Crippen molar-refractivity contribution < 1.29 is 14.6 Å². The third-order valence-electron chi connectivity index (χ3n) is 7.18.